The van der Waals surface area contributed by atoms with Gasteiger partial charge in [-0.1, -0.05) is 23.7 Å². The fourth-order valence-corrected chi connectivity index (χ4v) is 2.87. The van der Waals surface area contributed by atoms with Crippen molar-refractivity contribution < 1.29 is 19.7 Å². The van der Waals surface area contributed by atoms with Crippen molar-refractivity contribution in [2.45, 2.75) is 0 Å². The molecule has 0 aliphatic rings. The third-order valence-electron chi connectivity index (χ3n) is 4.43. The molecule has 0 aliphatic carbocycles. The summed E-state index contributed by atoms with van der Waals surface area (Å²) in [5.74, 6) is 9.77. The molecule has 0 unspecified atom stereocenters. The average molecular weight is 420 g/mol. The number of aromatic hydroxyl groups is 2. The van der Waals surface area contributed by atoms with E-state index in [2.05, 4.69) is 23.7 Å². The van der Waals surface area contributed by atoms with Gasteiger partial charge in [-0.15, -0.1) is 25.7 Å². The van der Waals surface area contributed by atoms with Crippen LogP contribution in [0.25, 0.3) is 0 Å². The standard InChI is InChI=1S/C26H16N2O4/c1-5-17-18(6-2)20(8-4)26(32-16-10-12-22(28)24(30)14-16)25(19(17)7-3)31-15-9-11-21(27)23(29)13-15/h1-4,9-14,29-30H,27-28H2. The van der Waals surface area contributed by atoms with Crippen LogP contribution >= 0.6 is 0 Å². The van der Waals surface area contributed by atoms with Crippen LogP contribution in [0.15, 0.2) is 36.4 Å². The van der Waals surface area contributed by atoms with Gasteiger partial charge in [0.15, 0.2) is 11.5 Å². The molecule has 6 nitrogen and oxygen atoms in total. The lowest BCUT2D eigenvalue weighted by atomic mass is 9.94. The van der Waals surface area contributed by atoms with Crippen molar-refractivity contribution in [3.63, 3.8) is 0 Å². The molecule has 6 heteroatoms. The SMILES string of the molecule is C#Cc1c(C#C)c(C#C)c(Oc2ccc(N)c(O)c2)c(Oc2ccc(N)c(O)c2)c1C#C. The maximum atomic E-state index is 9.94. The van der Waals surface area contributed by atoms with Crippen molar-refractivity contribution in [1.82, 2.24) is 0 Å². The molecule has 0 saturated carbocycles. The molecule has 0 saturated heterocycles. The summed E-state index contributed by atoms with van der Waals surface area (Å²) >= 11 is 0. The molecule has 3 rings (SSSR count). The van der Waals surface area contributed by atoms with Crippen molar-refractivity contribution in [3.8, 4) is 83.9 Å². The fourth-order valence-electron chi connectivity index (χ4n) is 2.87. The van der Waals surface area contributed by atoms with Gasteiger partial charge in [0.1, 0.15) is 23.0 Å². The zero-order chi connectivity index (χ0) is 23.4. The molecular weight excluding hydrogens is 404 g/mol. The summed E-state index contributed by atoms with van der Waals surface area (Å²) in [4.78, 5) is 0. The number of hydrogen-bond acceptors (Lipinski definition) is 6. The Hall–Kier alpha value is -5.30. The molecule has 0 spiro atoms. The first-order valence-corrected chi connectivity index (χ1v) is 8.97. The highest BCUT2D eigenvalue weighted by Gasteiger charge is 2.25. The van der Waals surface area contributed by atoms with E-state index in [1.807, 2.05) is 0 Å². The van der Waals surface area contributed by atoms with Gasteiger partial charge in [-0.2, -0.15) is 0 Å². The summed E-state index contributed by atoms with van der Waals surface area (Å²) in [6, 6.07) is 8.48. The summed E-state index contributed by atoms with van der Waals surface area (Å²) in [7, 11) is 0. The van der Waals surface area contributed by atoms with E-state index in [0.717, 1.165) is 0 Å². The van der Waals surface area contributed by atoms with E-state index in [1.54, 1.807) is 0 Å². The second-order valence-electron chi connectivity index (χ2n) is 6.38. The Balaban J connectivity index is 2.33. The molecule has 0 aliphatic heterocycles. The topological polar surface area (TPSA) is 111 Å². The van der Waals surface area contributed by atoms with Crippen LogP contribution in [0.2, 0.25) is 0 Å². The summed E-state index contributed by atoms with van der Waals surface area (Å²) in [6.07, 6.45) is 22.8. The van der Waals surface area contributed by atoms with Crippen molar-refractivity contribution in [3.05, 3.63) is 58.7 Å². The summed E-state index contributed by atoms with van der Waals surface area (Å²) < 4.78 is 11.9. The Kier molecular flexibility index (Phi) is 5.75. The normalized spacial score (nSPS) is 9.62. The van der Waals surface area contributed by atoms with Crippen LogP contribution in [0.4, 0.5) is 11.4 Å². The second kappa shape index (κ2) is 8.60. The zero-order valence-corrected chi connectivity index (χ0v) is 16.6. The molecule has 0 amide bonds. The van der Waals surface area contributed by atoms with Gasteiger partial charge in [0.2, 0.25) is 0 Å². The summed E-state index contributed by atoms with van der Waals surface area (Å²) in [5.41, 5.74) is 12.2. The Morgan fingerprint density at radius 3 is 1.22 bits per heavy atom. The Labute approximate surface area is 185 Å². The molecule has 0 radical (unpaired) electrons. The molecule has 0 heterocycles. The number of phenolic OH excluding ortho intramolecular Hbond substituents is 2. The van der Waals surface area contributed by atoms with Gasteiger partial charge in [0, 0.05) is 12.1 Å². The minimum Gasteiger partial charge on any atom is -0.506 e. The smallest absolute Gasteiger partial charge is 0.188 e. The Morgan fingerprint density at radius 2 is 0.938 bits per heavy atom. The van der Waals surface area contributed by atoms with Gasteiger partial charge < -0.3 is 31.2 Å². The average Bonchev–Trinajstić information content (AvgIpc) is 2.78. The number of terminal acetylenes is 4. The fraction of sp³-hybridized carbons (Fsp3) is 0. The van der Waals surface area contributed by atoms with Gasteiger partial charge in [-0.3, -0.25) is 0 Å². The highest BCUT2D eigenvalue weighted by atomic mass is 16.5. The van der Waals surface area contributed by atoms with Crippen LogP contribution in [-0.2, 0) is 0 Å². The number of rotatable bonds is 4. The van der Waals surface area contributed by atoms with Crippen LogP contribution < -0.4 is 20.9 Å². The number of nitrogens with two attached hydrogens (primary N) is 2. The van der Waals surface area contributed by atoms with E-state index in [-0.39, 0.29) is 68.1 Å². The van der Waals surface area contributed by atoms with E-state index in [4.69, 9.17) is 46.6 Å². The third kappa shape index (κ3) is 3.77. The van der Waals surface area contributed by atoms with Crippen LogP contribution in [0.3, 0.4) is 0 Å². The van der Waals surface area contributed by atoms with Gasteiger partial charge >= 0.3 is 0 Å². The molecule has 0 aromatic heterocycles. The van der Waals surface area contributed by atoms with Gasteiger partial charge in [0.05, 0.1) is 33.6 Å². The zero-order valence-electron chi connectivity index (χ0n) is 16.6. The molecular formula is C26H16N2O4. The van der Waals surface area contributed by atoms with Crippen molar-refractivity contribution in [1.29, 1.82) is 0 Å². The highest BCUT2D eigenvalue weighted by molar-refractivity contribution is 5.76. The van der Waals surface area contributed by atoms with Gasteiger partial charge in [-0.25, -0.2) is 0 Å². The van der Waals surface area contributed by atoms with Gasteiger partial charge in [0.25, 0.3) is 0 Å². The number of phenols is 2. The molecule has 0 fully saturated rings. The summed E-state index contributed by atoms with van der Waals surface area (Å²) in [5, 5.41) is 19.9. The number of hydrogen-bond donors (Lipinski definition) is 4. The van der Waals surface area contributed by atoms with Crippen molar-refractivity contribution >= 4 is 11.4 Å². The molecule has 3 aromatic rings. The lowest BCUT2D eigenvalue weighted by Gasteiger charge is -2.19. The lowest BCUT2D eigenvalue weighted by Crippen LogP contribution is -2.03. The monoisotopic (exact) mass is 420 g/mol. The predicted molar refractivity (Wildman–Crippen MR) is 123 cm³/mol. The third-order valence-corrected chi connectivity index (χ3v) is 4.43. The quantitative estimate of drug-likeness (QED) is 0.291. The van der Waals surface area contributed by atoms with Gasteiger partial charge in [-0.05, 0) is 24.3 Å². The van der Waals surface area contributed by atoms with Crippen LogP contribution in [0.1, 0.15) is 22.3 Å². The number of benzene rings is 3. The van der Waals surface area contributed by atoms with Crippen LogP contribution in [0, 0.1) is 49.4 Å². The Morgan fingerprint density at radius 1 is 0.594 bits per heavy atom. The van der Waals surface area contributed by atoms with E-state index in [9.17, 15) is 10.2 Å². The van der Waals surface area contributed by atoms with Crippen molar-refractivity contribution in [2.75, 3.05) is 11.5 Å². The van der Waals surface area contributed by atoms with E-state index >= 15 is 0 Å². The highest BCUT2D eigenvalue weighted by Crippen LogP contribution is 2.45. The minimum absolute atomic E-state index is 0.00659. The van der Waals surface area contributed by atoms with Crippen LogP contribution in [0.5, 0.6) is 34.5 Å². The molecule has 32 heavy (non-hydrogen) atoms. The van der Waals surface area contributed by atoms with Crippen molar-refractivity contribution in [2.24, 2.45) is 0 Å². The largest absolute Gasteiger partial charge is 0.506 e. The number of ether oxygens (including phenoxy) is 2. The predicted octanol–water partition coefficient (Wildman–Crippen LogP) is 3.77. The Bertz CT molecular complexity index is 1300. The molecule has 6 N–H and O–H groups in total. The van der Waals surface area contributed by atoms with E-state index in [0.29, 0.717) is 0 Å². The number of nitrogen functional groups attached to an aromatic ring is 2. The maximum absolute atomic E-state index is 9.94. The molecule has 0 atom stereocenters. The van der Waals surface area contributed by atoms with E-state index in [1.165, 1.54) is 36.4 Å². The molecule has 154 valence electrons. The second-order valence-corrected chi connectivity index (χ2v) is 6.38. The first kappa shape index (κ1) is 21.4. The molecule has 3 aromatic carbocycles. The van der Waals surface area contributed by atoms with E-state index < -0.39 is 0 Å². The number of anilines is 2. The molecule has 0 bridgehead atoms. The summed E-state index contributed by atoms with van der Waals surface area (Å²) in [6.45, 7) is 0. The minimum atomic E-state index is -0.203. The first-order chi connectivity index (χ1) is 15.3. The van der Waals surface area contributed by atoms with Crippen LogP contribution in [-0.4, -0.2) is 10.2 Å². The first-order valence-electron chi connectivity index (χ1n) is 8.97. The lowest BCUT2D eigenvalue weighted by molar-refractivity contribution is 0.410. The maximum Gasteiger partial charge on any atom is 0.188 e.